The molecule has 1 amide bonds. The molecule has 0 radical (unpaired) electrons. The van der Waals surface area contributed by atoms with Gasteiger partial charge in [-0.15, -0.1) is 11.8 Å². The molecule has 3 atom stereocenters. The maximum Gasteiger partial charge on any atom is 0.327 e. The molecule has 0 aromatic heterocycles. The average Bonchev–Trinajstić information content (AvgIpc) is 2.85. The minimum atomic E-state index is -0.898. The Balaban J connectivity index is 2.19. The molecule has 96 valence electrons. The van der Waals surface area contributed by atoms with Gasteiger partial charge < -0.3 is 15.3 Å². The summed E-state index contributed by atoms with van der Waals surface area (Å²) in [5.41, 5.74) is -0.438. The molecule has 0 saturated carbocycles. The summed E-state index contributed by atoms with van der Waals surface area (Å²) in [4.78, 5) is 25.2. The van der Waals surface area contributed by atoms with E-state index in [1.165, 1.54) is 11.8 Å². The molecule has 17 heavy (non-hydrogen) atoms. The van der Waals surface area contributed by atoms with E-state index in [0.29, 0.717) is 12.3 Å². The van der Waals surface area contributed by atoms with E-state index in [1.54, 1.807) is 4.90 Å². The molecule has 0 bridgehead atoms. The highest BCUT2D eigenvalue weighted by Gasteiger charge is 2.47. The fraction of sp³-hybridized carbons (Fsp3) is 0.818. The van der Waals surface area contributed by atoms with Gasteiger partial charge in [0.15, 0.2) is 0 Å². The topological polar surface area (TPSA) is 69.6 Å². The second-order valence-electron chi connectivity index (χ2n) is 4.99. The van der Waals surface area contributed by atoms with Crippen molar-refractivity contribution in [1.29, 1.82) is 0 Å². The Kier molecular flexibility index (Phi) is 3.36. The summed E-state index contributed by atoms with van der Waals surface area (Å²) >= 11 is 1.53. The summed E-state index contributed by atoms with van der Waals surface area (Å²) in [6.45, 7) is 5.29. The van der Waals surface area contributed by atoms with Crippen LogP contribution in [0.4, 0.5) is 0 Å². The molecule has 2 fully saturated rings. The largest absolute Gasteiger partial charge is 0.480 e. The number of carbonyl (C=O) groups is 2. The number of hydrogen-bond donors (Lipinski definition) is 2. The van der Waals surface area contributed by atoms with Gasteiger partial charge in [-0.25, -0.2) is 4.79 Å². The Morgan fingerprint density at radius 2 is 2.24 bits per heavy atom. The molecule has 2 heterocycles. The number of rotatable bonds is 2. The third-order valence-electron chi connectivity index (χ3n) is 3.63. The van der Waals surface area contributed by atoms with Crippen LogP contribution in [0.3, 0.4) is 0 Å². The van der Waals surface area contributed by atoms with Crippen LogP contribution in [0.2, 0.25) is 0 Å². The number of thioether (sulfide) groups is 1. The zero-order chi connectivity index (χ0) is 12.6. The van der Waals surface area contributed by atoms with Crippen LogP contribution < -0.4 is 5.32 Å². The number of nitrogens with zero attached hydrogens (tertiary/aromatic N) is 1. The van der Waals surface area contributed by atoms with Crippen LogP contribution in [0, 0.1) is 5.41 Å². The van der Waals surface area contributed by atoms with Crippen LogP contribution in [0.15, 0.2) is 0 Å². The molecule has 5 nitrogen and oxygen atoms in total. The average molecular weight is 258 g/mol. The molecule has 3 unspecified atom stereocenters. The van der Waals surface area contributed by atoms with Crippen molar-refractivity contribution in [1.82, 2.24) is 10.2 Å². The van der Waals surface area contributed by atoms with E-state index in [1.807, 2.05) is 13.8 Å². The molecule has 0 aromatic rings. The fourth-order valence-corrected chi connectivity index (χ4v) is 3.62. The van der Waals surface area contributed by atoms with Gasteiger partial charge in [0.1, 0.15) is 6.04 Å². The predicted molar refractivity (Wildman–Crippen MR) is 65.8 cm³/mol. The first kappa shape index (κ1) is 12.7. The van der Waals surface area contributed by atoms with Crippen LogP contribution in [0.1, 0.15) is 20.3 Å². The Morgan fingerprint density at radius 1 is 1.53 bits per heavy atom. The second kappa shape index (κ2) is 4.49. The van der Waals surface area contributed by atoms with E-state index >= 15 is 0 Å². The van der Waals surface area contributed by atoms with Gasteiger partial charge >= 0.3 is 5.97 Å². The molecule has 0 spiro atoms. The summed E-state index contributed by atoms with van der Waals surface area (Å²) < 4.78 is 0. The fourth-order valence-electron chi connectivity index (χ4n) is 2.45. The van der Waals surface area contributed by atoms with Gasteiger partial charge in [-0.05, 0) is 26.8 Å². The lowest BCUT2D eigenvalue weighted by Crippen LogP contribution is -2.51. The molecule has 2 N–H and O–H groups in total. The molecule has 0 aliphatic carbocycles. The summed E-state index contributed by atoms with van der Waals surface area (Å²) in [6.07, 6.45) is 0.784. The van der Waals surface area contributed by atoms with Gasteiger partial charge in [-0.3, -0.25) is 4.79 Å². The first-order chi connectivity index (χ1) is 7.96. The predicted octanol–water partition coefficient (Wildman–Crippen LogP) is 0.361. The van der Waals surface area contributed by atoms with Gasteiger partial charge in [0, 0.05) is 12.3 Å². The minimum Gasteiger partial charge on any atom is -0.480 e. The van der Waals surface area contributed by atoms with Crippen molar-refractivity contribution in [2.24, 2.45) is 5.41 Å². The van der Waals surface area contributed by atoms with Crippen molar-refractivity contribution in [3.8, 4) is 0 Å². The van der Waals surface area contributed by atoms with Crippen LogP contribution in [-0.2, 0) is 9.59 Å². The lowest BCUT2D eigenvalue weighted by molar-refractivity contribution is -0.153. The summed E-state index contributed by atoms with van der Waals surface area (Å²) in [5.74, 6) is -0.427. The molecule has 6 heteroatoms. The molecule has 2 aliphatic heterocycles. The number of carbonyl (C=O) groups excluding carboxylic acids is 1. The van der Waals surface area contributed by atoms with E-state index in [9.17, 15) is 9.59 Å². The first-order valence-corrected chi connectivity index (χ1v) is 6.88. The SMILES string of the molecule is CC1SCC(C(=O)O)N1C(=O)C1(C)CCNC1. The van der Waals surface area contributed by atoms with Gasteiger partial charge in [0.25, 0.3) is 0 Å². The Bertz CT molecular complexity index is 342. The Hall–Kier alpha value is -0.750. The van der Waals surface area contributed by atoms with Gasteiger partial charge in [-0.2, -0.15) is 0 Å². The minimum absolute atomic E-state index is 0.0209. The number of aliphatic carboxylic acids is 1. The van der Waals surface area contributed by atoms with Gasteiger partial charge in [-0.1, -0.05) is 0 Å². The lowest BCUT2D eigenvalue weighted by Gasteiger charge is -2.33. The van der Waals surface area contributed by atoms with Crippen molar-refractivity contribution in [3.63, 3.8) is 0 Å². The monoisotopic (exact) mass is 258 g/mol. The number of carboxylic acid groups (broad SMARTS) is 1. The van der Waals surface area contributed by atoms with E-state index in [4.69, 9.17) is 5.11 Å². The summed E-state index contributed by atoms with van der Waals surface area (Å²) in [5, 5.41) is 12.3. The molecule has 2 aliphatic rings. The van der Waals surface area contributed by atoms with Crippen molar-refractivity contribution in [3.05, 3.63) is 0 Å². The number of nitrogens with one attached hydrogen (secondary N) is 1. The van der Waals surface area contributed by atoms with Crippen molar-refractivity contribution in [2.45, 2.75) is 31.7 Å². The maximum absolute atomic E-state index is 12.5. The third-order valence-corrected chi connectivity index (χ3v) is 4.85. The highest BCUT2D eigenvalue weighted by molar-refractivity contribution is 8.00. The number of amides is 1. The summed E-state index contributed by atoms with van der Waals surface area (Å²) in [7, 11) is 0. The molecule has 2 saturated heterocycles. The smallest absolute Gasteiger partial charge is 0.327 e. The molecule has 2 rings (SSSR count). The third kappa shape index (κ3) is 2.15. The lowest BCUT2D eigenvalue weighted by atomic mass is 9.87. The zero-order valence-corrected chi connectivity index (χ0v) is 10.9. The highest BCUT2D eigenvalue weighted by Crippen LogP contribution is 2.35. The maximum atomic E-state index is 12.5. The molecular weight excluding hydrogens is 240 g/mol. The summed E-state index contributed by atoms with van der Waals surface area (Å²) in [6, 6.07) is -0.667. The van der Waals surface area contributed by atoms with Crippen LogP contribution in [0.5, 0.6) is 0 Å². The molecular formula is C11H18N2O3S. The van der Waals surface area contributed by atoms with E-state index < -0.39 is 17.4 Å². The van der Waals surface area contributed by atoms with E-state index in [2.05, 4.69) is 5.32 Å². The Morgan fingerprint density at radius 3 is 2.76 bits per heavy atom. The van der Waals surface area contributed by atoms with E-state index in [-0.39, 0.29) is 11.3 Å². The van der Waals surface area contributed by atoms with Crippen molar-refractivity contribution in [2.75, 3.05) is 18.8 Å². The number of hydrogen-bond acceptors (Lipinski definition) is 4. The highest BCUT2D eigenvalue weighted by atomic mass is 32.2. The molecule has 0 aromatic carbocycles. The quantitative estimate of drug-likeness (QED) is 0.748. The second-order valence-corrected chi connectivity index (χ2v) is 6.34. The van der Waals surface area contributed by atoms with Crippen molar-refractivity contribution < 1.29 is 14.7 Å². The number of carboxylic acids is 1. The van der Waals surface area contributed by atoms with Crippen LogP contribution >= 0.6 is 11.8 Å². The zero-order valence-electron chi connectivity index (χ0n) is 10.1. The standard InChI is InChI=1S/C11H18N2O3S/c1-7-13(8(5-17-7)9(14)15)10(16)11(2)3-4-12-6-11/h7-8,12H,3-6H2,1-2H3,(H,14,15). The normalized spacial score (nSPS) is 37.4. The van der Waals surface area contributed by atoms with Gasteiger partial charge in [0.2, 0.25) is 5.91 Å². The van der Waals surface area contributed by atoms with Crippen LogP contribution in [-0.4, -0.2) is 52.1 Å². The van der Waals surface area contributed by atoms with Crippen molar-refractivity contribution >= 4 is 23.6 Å². The first-order valence-electron chi connectivity index (χ1n) is 5.83. The Labute approximate surface area is 105 Å². The van der Waals surface area contributed by atoms with Crippen LogP contribution in [0.25, 0.3) is 0 Å². The van der Waals surface area contributed by atoms with Gasteiger partial charge in [0.05, 0.1) is 10.8 Å². The van der Waals surface area contributed by atoms with E-state index in [0.717, 1.165) is 13.0 Å².